The lowest BCUT2D eigenvalue weighted by atomic mass is 10.1. The molecule has 0 bridgehead atoms. The first-order valence-corrected chi connectivity index (χ1v) is 7.64. The van der Waals surface area contributed by atoms with Crippen LogP contribution in [0.4, 0.5) is 0 Å². The Labute approximate surface area is 124 Å². The summed E-state index contributed by atoms with van der Waals surface area (Å²) in [6, 6.07) is 4.71. The molecule has 3 heterocycles. The molecule has 0 aromatic carbocycles. The van der Waals surface area contributed by atoms with Gasteiger partial charge in [0.1, 0.15) is 0 Å². The molecule has 2 unspecified atom stereocenters. The lowest BCUT2D eigenvalue weighted by Gasteiger charge is -2.39. The van der Waals surface area contributed by atoms with Gasteiger partial charge in [0.25, 0.3) is 5.89 Å². The fraction of sp³-hybridized carbons (Fsp3) is 0.600. The molecule has 2 aromatic rings. The van der Waals surface area contributed by atoms with Gasteiger partial charge < -0.3 is 14.3 Å². The lowest BCUT2D eigenvalue weighted by molar-refractivity contribution is 0.113. The molecule has 2 atom stereocenters. The number of rotatable bonds is 5. The quantitative estimate of drug-likeness (QED) is 0.911. The minimum atomic E-state index is 0.449. The fourth-order valence-electron chi connectivity index (χ4n) is 2.80. The number of nitrogens with one attached hydrogen (secondary N) is 1. The van der Waals surface area contributed by atoms with Crippen LogP contribution in [-0.4, -0.2) is 40.2 Å². The number of aromatic nitrogens is 2. The largest absolute Gasteiger partial charge is 0.459 e. The van der Waals surface area contributed by atoms with E-state index in [2.05, 4.69) is 34.2 Å². The summed E-state index contributed by atoms with van der Waals surface area (Å²) in [5, 5.41) is 7.67. The van der Waals surface area contributed by atoms with Crippen molar-refractivity contribution < 1.29 is 8.94 Å². The number of hydrogen-bond donors (Lipinski definition) is 1. The minimum Gasteiger partial charge on any atom is -0.459 e. The number of furan rings is 1. The molecule has 6 heteroatoms. The third-order valence-electron chi connectivity index (χ3n) is 4.12. The van der Waals surface area contributed by atoms with Crippen molar-refractivity contribution in [1.82, 2.24) is 20.4 Å². The molecule has 1 N–H and O–H groups in total. The van der Waals surface area contributed by atoms with Crippen LogP contribution in [0.25, 0.3) is 11.7 Å². The second-order valence-electron chi connectivity index (χ2n) is 5.50. The van der Waals surface area contributed by atoms with Gasteiger partial charge in [-0.2, -0.15) is 4.98 Å². The van der Waals surface area contributed by atoms with Crippen molar-refractivity contribution in [2.75, 3.05) is 13.1 Å². The molecule has 0 aliphatic carbocycles. The van der Waals surface area contributed by atoms with E-state index in [9.17, 15) is 0 Å². The zero-order valence-corrected chi connectivity index (χ0v) is 12.6. The normalized spacial score (nSPS) is 23.5. The lowest BCUT2D eigenvalue weighted by Crippen LogP contribution is -2.55. The first-order chi connectivity index (χ1) is 10.3. The van der Waals surface area contributed by atoms with Gasteiger partial charge in [0.05, 0.1) is 12.8 Å². The van der Waals surface area contributed by atoms with Gasteiger partial charge in [-0.05, 0) is 25.0 Å². The van der Waals surface area contributed by atoms with Crippen LogP contribution < -0.4 is 5.32 Å². The highest BCUT2D eigenvalue weighted by atomic mass is 16.5. The molecule has 0 radical (unpaired) electrons. The molecule has 6 nitrogen and oxygen atoms in total. The Bertz CT molecular complexity index is 552. The number of piperazine rings is 1. The van der Waals surface area contributed by atoms with Crippen LogP contribution in [0.5, 0.6) is 0 Å². The van der Waals surface area contributed by atoms with E-state index in [0.29, 0.717) is 23.7 Å². The second-order valence-corrected chi connectivity index (χ2v) is 5.50. The maximum atomic E-state index is 5.28. The topological polar surface area (TPSA) is 67.3 Å². The van der Waals surface area contributed by atoms with Gasteiger partial charge in [0.2, 0.25) is 0 Å². The molecule has 1 aliphatic heterocycles. The van der Waals surface area contributed by atoms with Crippen molar-refractivity contribution >= 4 is 0 Å². The summed E-state index contributed by atoms with van der Waals surface area (Å²) >= 11 is 0. The average molecular weight is 290 g/mol. The molecule has 0 spiro atoms. The van der Waals surface area contributed by atoms with Gasteiger partial charge in [-0.3, -0.25) is 4.90 Å². The standard InChI is InChI=1S/C15H22N4O2/c1-3-11-9-19(12(4-2)8-16-11)10-14-17-15(21-18-14)13-6-5-7-20-13/h5-7,11-12,16H,3-4,8-10H2,1-2H3. The summed E-state index contributed by atoms with van der Waals surface area (Å²) in [4.78, 5) is 6.88. The molecule has 21 heavy (non-hydrogen) atoms. The maximum Gasteiger partial charge on any atom is 0.293 e. The van der Waals surface area contributed by atoms with E-state index in [1.54, 1.807) is 6.26 Å². The van der Waals surface area contributed by atoms with E-state index >= 15 is 0 Å². The van der Waals surface area contributed by atoms with Crippen LogP contribution in [0, 0.1) is 0 Å². The Hall–Kier alpha value is -1.66. The van der Waals surface area contributed by atoms with E-state index in [1.807, 2.05) is 12.1 Å². The first-order valence-electron chi connectivity index (χ1n) is 7.64. The third-order valence-corrected chi connectivity index (χ3v) is 4.12. The van der Waals surface area contributed by atoms with Crippen molar-refractivity contribution in [2.45, 2.75) is 45.3 Å². The molecule has 114 valence electrons. The van der Waals surface area contributed by atoms with Crippen LogP contribution in [0.15, 0.2) is 27.3 Å². The monoisotopic (exact) mass is 290 g/mol. The highest BCUT2D eigenvalue weighted by molar-refractivity contribution is 5.42. The summed E-state index contributed by atoms with van der Waals surface area (Å²) in [5.74, 6) is 1.79. The summed E-state index contributed by atoms with van der Waals surface area (Å²) < 4.78 is 10.6. The fourth-order valence-corrected chi connectivity index (χ4v) is 2.80. The summed E-state index contributed by atoms with van der Waals surface area (Å²) in [6.07, 6.45) is 3.86. The van der Waals surface area contributed by atoms with E-state index in [4.69, 9.17) is 8.94 Å². The van der Waals surface area contributed by atoms with Crippen molar-refractivity contribution in [3.05, 3.63) is 24.2 Å². The number of hydrogen-bond acceptors (Lipinski definition) is 6. The molecule has 1 fully saturated rings. The molecule has 2 aromatic heterocycles. The van der Waals surface area contributed by atoms with E-state index < -0.39 is 0 Å². The summed E-state index contributed by atoms with van der Waals surface area (Å²) in [7, 11) is 0. The Morgan fingerprint density at radius 3 is 3.00 bits per heavy atom. The third kappa shape index (κ3) is 3.16. The van der Waals surface area contributed by atoms with E-state index in [1.165, 1.54) is 0 Å². The summed E-state index contributed by atoms with van der Waals surface area (Å²) in [5.41, 5.74) is 0. The Morgan fingerprint density at radius 2 is 2.29 bits per heavy atom. The minimum absolute atomic E-state index is 0.449. The maximum absolute atomic E-state index is 5.28. The predicted molar refractivity (Wildman–Crippen MR) is 78.6 cm³/mol. The van der Waals surface area contributed by atoms with Crippen LogP contribution in [-0.2, 0) is 6.54 Å². The molecular formula is C15H22N4O2. The van der Waals surface area contributed by atoms with Crippen molar-refractivity contribution in [2.24, 2.45) is 0 Å². The predicted octanol–water partition coefficient (Wildman–Crippen LogP) is 2.29. The van der Waals surface area contributed by atoms with E-state index in [0.717, 1.165) is 38.3 Å². The zero-order chi connectivity index (χ0) is 14.7. The van der Waals surface area contributed by atoms with Gasteiger partial charge in [0.15, 0.2) is 11.6 Å². The van der Waals surface area contributed by atoms with Crippen LogP contribution in [0.3, 0.4) is 0 Å². The molecule has 0 saturated carbocycles. The zero-order valence-electron chi connectivity index (χ0n) is 12.6. The van der Waals surface area contributed by atoms with Crippen LogP contribution in [0.2, 0.25) is 0 Å². The molecule has 3 rings (SSSR count). The van der Waals surface area contributed by atoms with Crippen molar-refractivity contribution in [3.8, 4) is 11.7 Å². The van der Waals surface area contributed by atoms with Gasteiger partial charge in [-0.25, -0.2) is 0 Å². The van der Waals surface area contributed by atoms with Gasteiger partial charge in [0, 0.05) is 25.2 Å². The SMILES string of the molecule is CCC1CN(Cc2noc(-c3ccco3)n2)C(CC)CN1. The van der Waals surface area contributed by atoms with Crippen LogP contribution >= 0.6 is 0 Å². The Kier molecular flexibility index (Phi) is 4.36. The highest BCUT2D eigenvalue weighted by Gasteiger charge is 2.27. The molecule has 1 aliphatic rings. The van der Waals surface area contributed by atoms with Gasteiger partial charge in [-0.1, -0.05) is 19.0 Å². The molecule has 1 saturated heterocycles. The van der Waals surface area contributed by atoms with Crippen molar-refractivity contribution in [1.29, 1.82) is 0 Å². The Balaban J connectivity index is 1.69. The smallest absolute Gasteiger partial charge is 0.293 e. The first kappa shape index (κ1) is 14.3. The van der Waals surface area contributed by atoms with Crippen LogP contribution in [0.1, 0.15) is 32.5 Å². The average Bonchev–Trinajstić information content (AvgIpc) is 3.18. The van der Waals surface area contributed by atoms with Gasteiger partial charge >= 0.3 is 0 Å². The van der Waals surface area contributed by atoms with E-state index in [-0.39, 0.29) is 0 Å². The number of nitrogens with zero attached hydrogens (tertiary/aromatic N) is 3. The molecular weight excluding hydrogens is 268 g/mol. The van der Waals surface area contributed by atoms with Crippen molar-refractivity contribution in [3.63, 3.8) is 0 Å². The second kappa shape index (κ2) is 6.41. The Morgan fingerprint density at radius 1 is 1.38 bits per heavy atom. The molecule has 0 amide bonds. The van der Waals surface area contributed by atoms with Gasteiger partial charge in [-0.15, -0.1) is 0 Å². The highest BCUT2D eigenvalue weighted by Crippen LogP contribution is 2.19. The summed E-state index contributed by atoms with van der Waals surface area (Å²) in [6.45, 7) is 7.21.